The molecule has 0 atom stereocenters. The van der Waals surface area contributed by atoms with Gasteiger partial charge in [-0.15, -0.1) is 0 Å². The first-order valence-corrected chi connectivity index (χ1v) is 6.28. The number of aromatic nitrogens is 2. The molecule has 2 aromatic rings. The first kappa shape index (κ1) is 11.4. The standard InChI is InChI=1S/C14H17N4/c1-2-4-12(5-3-1)14-16-10-13(17-14)11-18-8-6-15-7-9-18/h1-6,10,15H,7-9,11H2,(H,16,17). The molecule has 0 bridgehead atoms. The normalized spacial score (nSPS) is 16.9. The maximum Gasteiger partial charge on any atom is 0.137 e. The number of imidazole rings is 1. The molecule has 1 aliphatic heterocycles. The van der Waals surface area contributed by atoms with Crippen LogP contribution in [0.15, 0.2) is 36.5 Å². The van der Waals surface area contributed by atoms with E-state index in [9.17, 15) is 0 Å². The van der Waals surface area contributed by atoms with Gasteiger partial charge in [0, 0.05) is 50.2 Å². The van der Waals surface area contributed by atoms with Gasteiger partial charge in [0.25, 0.3) is 0 Å². The predicted octanol–water partition coefficient (Wildman–Crippen LogP) is 1.64. The summed E-state index contributed by atoms with van der Waals surface area (Å²) in [7, 11) is 0. The van der Waals surface area contributed by atoms with Crippen LogP contribution in [0.2, 0.25) is 0 Å². The molecule has 18 heavy (non-hydrogen) atoms. The van der Waals surface area contributed by atoms with E-state index in [0.29, 0.717) is 0 Å². The third kappa shape index (κ3) is 2.60. The minimum Gasteiger partial charge on any atom is -0.341 e. The Labute approximate surface area is 107 Å². The number of hydrogen-bond acceptors (Lipinski definition) is 3. The van der Waals surface area contributed by atoms with Crippen molar-refractivity contribution in [1.82, 2.24) is 20.2 Å². The van der Waals surface area contributed by atoms with Crippen molar-refractivity contribution >= 4 is 0 Å². The Hall–Kier alpha value is -1.65. The maximum absolute atomic E-state index is 4.44. The molecule has 4 heteroatoms. The van der Waals surface area contributed by atoms with Gasteiger partial charge in [-0.1, -0.05) is 30.3 Å². The summed E-state index contributed by atoms with van der Waals surface area (Å²) < 4.78 is 0. The fraction of sp³-hybridized carbons (Fsp3) is 0.286. The van der Waals surface area contributed by atoms with Crippen molar-refractivity contribution in [2.24, 2.45) is 0 Å². The average molecular weight is 241 g/mol. The molecule has 1 aromatic carbocycles. The minimum atomic E-state index is 0.929. The Kier molecular flexibility index (Phi) is 3.39. The quantitative estimate of drug-likeness (QED) is 0.858. The highest BCUT2D eigenvalue weighted by Crippen LogP contribution is 2.15. The van der Waals surface area contributed by atoms with Crippen LogP contribution in [-0.4, -0.2) is 34.5 Å². The Morgan fingerprint density at radius 3 is 2.89 bits per heavy atom. The summed E-state index contributed by atoms with van der Waals surface area (Å²) >= 11 is 0. The van der Waals surface area contributed by atoms with E-state index in [2.05, 4.69) is 38.9 Å². The summed E-state index contributed by atoms with van der Waals surface area (Å²) in [6.45, 7) is 6.13. The molecule has 1 radical (unpaired) electrons. The van der Waals surface area contributed by atoms with Gasteiger partial charge in [0.2, 0.25) is 0 Å². The number of H-pyrrole nitrogens is 1. The smallest absolute Gasteiger partial charge is 0.137 e. The predicted molar refractivity (Wildman–Crippen MR) is 71.6 cm³/mol. The number of hydrogen-bond donors (Lipinski definition) is 2. The van der Waals surface area contributed by atoms with Crippen LogP contribution in [0.5, 0.6) is 0 Å². The van der Waals surface area contributed by atoms with E-state index >= 15 is 0 Å². The van der Waals surface area contributed by atoms with Crippen LogP contribution in [0.25, 0.3) is 11.4 Å². The van der Waals surface area contributed by atoms with Gasteiger partial charge in [-0.3, -0.25) is 4.90 Å². The molecule has 1 fully saturated rings. The molecule has 0 spiro atoms. The first-order chi connectivity index (χ1) is 8.92. The Balaban J connectivity index is 1.69. The SMILES string of the molecule is [CH]1CN(Cc2cnc(-c3ccccc3)[nH]2)CCN1. The zero-order valence-electron chi connectivity index (χ0n) is 10.3. The van der Waals surface area contributed by atoms with E-state index < -0.39 is 0 Å². The van der Waals surface area contributed by atoms with E-state index in [-0.39, 0.29) is 0 Å². The molecule has 2 N–H and O–H groups in total. The Bertz CT molecular complexity index is 486. The molecule has 1 aromatic heterocycles. The lowest BCUT2D eigenvalue weighted by molar-refractivity contribution is 0.253. The lowest BCUT2D eigenvalue weighted by atomic mass is 10.2. The van der Waals surface area contributed by atoms with Crippen molar-refractivity contribution in [2.75, 3.05) is 19.6 Å². The lowest BCUT2D eigenvalue weighted by Gasteiger charge is -2.26. The zero-order valence-corrected chi connectivity index (χ0v) is 10.3. The van der Waals surface area contributed by atoms with E-state index in [0.717, 1.165) is 37.6 Å². The number of rotatable bonds is 3. The van der Waals surface area contributed by atoms with E-state index in [1.807, 2.05) is 24.4 Å². The first-order valence-electron chi connectivity index (χ1n) is 6.28. The fourth-order valence-electron chi connectivity index (χ4n) is 2.18. The van der Waals surface area contributed by atoms with Crippen LogP contribution in [0.4, 0.5) is 0 Å². The van der Waals surface area contributed by atoms with Crippen LogP contribution in [0, 0.1) is 6.54 Å². The summed E-state index contributed by atoms with van der Waals surface area (Å²) in [5, 5.41) is 3.24. The summed E-state index contributed by atoms with van der Waals surface area (Å²) in [5.74, 6) is 0.949. The zero-order chi connectivity index (χ0) is 12.2. The lowest BCUT2D eigenvalue weighted by Crippen LogP contribution is -2.39. The monoisotopic (exact) mass is 241 g/mol. The Morgan fingerprint density at radius 2 is 2.11 bits per heavy atom. The van der Waals surface area contributed by atoms with Crippen LogP contribution < -0.4 is 5.32 Å². The summed E-state index contributed by atoms with van der Waals surface area (Å²) in [5.41, 5.74) is 2.31. The Morgan fingerprint density at radius 1 is 1.22 bits per heavy atom. The third-order valence-electron chi connectivity index (χ3n) is 3.14. The van der Waals surface area contributed by atoms with Gasteiger partial charge in [0.1, 0.15) is 5.82 Å². The average Bonchev–Trinajstić information content (AvgIpc) is 2.89. The maximum atomic E-state index is 4.44. The molecular weight excluding hydrogens is 224 g/mol. The van der Waals surface area contributed by atoms with Crippen molar-refractivity contribution < 1.29 is 0 Å². The van der Waals surface area contributed by atoms with Crippen molar-refractivity contribution in [1.29, 1.82) is 0 Å². The number of aromatic amines is 1. The second-order valence-electron chi connectivity index (χ2n) is 4.52. The van der Waals surface area contributed by atoms with Crippen LogP contribution >= 0.6 is 0 Å². The largest absolute Gasteiger partial charge is 0.341 e. The molecule has 0 saturated carbocycles. The highest BCUT2D eigenvalue weighted by atomic mass is 15.2. The fourth-order valence-corrected chi connectivity index (χ4v) is 2.18. The summed E-state index contributed by atoms with van der Waals surface area (Å²) in [6.07, 6.45) is 1.93. The van der Waals surface area contributed by atoms with Gasteiger partial charge in [-0.05, 0) is 0 Å². The molecule has 93 valence electrons. The van der Waals surface area contributed by atoms with Gasteiger partial charge in [-0.2, -0.15) is 0 Å². The van der Waals surface area contributed by atoms with Gasteiger partial charge in [-0.25, -0.2) is 4.98 Å². The van der Waals surface area contributed by atoms with E-state index in [1.165, 1.54) is 5.69 Å². The van der Waals surface area contributed by atoms with Crippen molar-refractivity contribution in [2.45, 2.75) is 6.54 Å². The van der Waals surface area contributed by atoms with Crippen LogP contribution in [0.3, 0.4) is 0 Å². The molecular formula is C14H17N4. The third-order valence-corrected chi connectivity index (χ3v) is 3.14. The molecule has 0 unspecified atom stereocenters. The van der Waals surface area contributed by atoms with Gasteiger partial charge in [0.05, 0.1) is 0 Å². The summed E-state index contributed by atoms with van der Waals surface area (Å²) in [6, 6.07) is 10.2. The topological polar surface area (TPSA) is 44.0 Å². The molecule has 0 aliphatic carbocycles. The second-order valence-corrected chi connectivity index (χ2v) is 4.52. The van der Waals surface area contributed by atoms with Crippen LogP contribution in [0.1, 0.15) is 5.69 Å². The number of benzene rings is 1. The number of piperazine rings is 1. The second kappa shape index (κ2) is 5.33. The van der Waals surface area contributed by atoms with E-state index in [4.69, 9.17) is 0 Å². The molecule has 0 amide bonds. The molecule has 1 saturated heterocycles. The molecule has 1 aliphatic rings. The minimum absolute atomic E-state index is 0.929. The van der Waals surface area contributed by atoms with Crippen LogP contribution in [-0.2, 0) is 6.54 Å². The molecule has 2 heterocycles. The number of nitrogens with zero attached hydrogens (tertiary/aromatic N) is 2. The van der Waals surface area contributed by atoms with Crippen molar-refractivity contribution in [3.8, 4) is 11.4 Å². The van der Waals surface area contributed by atoms with Crippen molar-refractivity contribution in [3.63, 3.8) is 0 Å². The van der Waals surface area contributed by atoms with Gasteiger partial charge in [0.15, 0.2) is 0 Å². The highest BCUT2D eigenvalue weighted by Gasteiger charge is 2.11. The molecule has 4 nitrogen and oxygen atoms in total. The van der Waals surface area contributed by atoms with E-state index in [1.54, 1.807) is 0 Å². The van der Waals surface area contributed by atoms with Gasteiger partial charge < -0.3 is 10.3 Å². The number of nitrogens with one attached hydrogen (secondary N) is 2. The highest BCUT2D eigenvalue weighted by molar-refractivity contribution is 5.54. The summed E-state index contributed by atoms with van der Waals surface area (Å²) in [4.78, 5) is 10.2. The van der Waals surface area contributed by atoms with Crippen molar-refractivity contribution in [3.05, 3.63) is 48.8 Å². The van der Waals surface area contributed by atoms with Gasteiger partial charge >= 0.3 is 0 Å². The molecule has 3 rings (SSSR count).